The normalized spacial score (nSPS) is 15.0. The van der Waals surface area contributed by atoms with Crippen molar-refractivity contribution in [1.82, 2.24) is 0 Å². The van der Waals surface area contributed by atoms with Crippen LogP contribution in [0.25, 0.3) is 11.8 Å². The first-order valence-corrected chi connectivity index (χ1v) is 9.82. The van der Waals surface area contributed by atoms with E-state index in [4.69, 9.17) is 4.74 Å². The summed E-state index contributed by atoms with van der Waals surface area (Å²) in [5.74, 6) is 0.687. The topological polar surface area (TPSA) is 49.8 Å². The van der Waals surface area contributed by atoms with Gasteiger partial charge in [0.1, 0.15) is 11.5 Å². The number of rotatable bonds is 4. The van der Waals surface area contributed by atoms with Crippen molar-refractivity contribution < 1.29 is 14.6 Å². The van der Waals surface area contributed by atoms with Crippen molar-refractivity contribution in [2.45, 2.75) is 0 Å². The second kappa shape index (κ2) is 7.97. The number of methoxy groups -OCH3 is 1. The lowest BCUT2D eigenvalue weighted by atomic mass is 10.1. The number of phenolic OH excluding ortho intramolecular Hbond substituents is 1. The summed E-state index contributed by atoms with van der Waals surface area (Å²) in [4.78, 5) is 14.9. The second-order valence-corrected chi connectivity index (χ2v) is 7.40. The molecule has 144 valence electrons. The van der Waals surface area contributed by atoms with Gasteiger partial charge in [-0.05, 0) is 63.5 Å². The molecule has 3 aromatic carbocycles. The third kappa shape index (κ3) is 3.82. The number of ether oxygens (including phenoxy) is 1. The molecule has 0 radical (unpaired) electrons. The average Bonchev–Trinajstić information content (AvgIpc) is 3.05. The molecule has 29 heavy (non-hydrogen) atoms. The monoisotopic (exact) mass is 447 g/mol. The summed E-state index contributed by atoms with van der Waals surface area (Å²) < 4.78 is 6.09. The van der Waals surface area contributed by atoms with Gasteiger partial charge in [-0.3, -0.25) is 9.69 Å². The Balaban J connectivity index is 1.81. The molecule has 1 aliphatic heterocycles. The maximum absolute atomic E-state index is 13.3. The molecule has 0 saturated heterocycles. The minimum atomic E-state index is -0.151. The second-order valence-electron chi connectivity index (χ2n) is 6.55. The highest BCUT2D eigenvalue weighted by Gasteiger charge is 2.30. The van der Waals surface area contributed by atoms with E-state index >= 15 is 0 Å². The van der Waals surface area contributed by atoms with Crippen molar-refractivity contribution >= 4 is 39.3 Å². The van der Waals surface area contributed by atoms with Gasteiger partial charge in [-0.15, -0.1) is 0 Å². The summed E-state index contributed by atoms with van der Waals surface area (Å²) in [5, 5.41) is 9.91. The maximum atomic E-state index is 13.3. The Morgan fingerprint density at radius 3 is 2.48 bits per heavy atom. The predicted molar refractivity (Wildman–Crippen MR) is 119 cm³/mol. The van der Waals surface area contributed by atoms with E-state index < -0.39 is 0 Å². The van der Waals surface area contributed by atoms with Gasteiger partial charge in [-0.2, -0.15) is 0 Å². The van der Waals surface area contributed by atoms with Crippen molar-refractivity contribution in [2.75, 3.05) is 12.0 Å². The van der Waals surface area contributed by atoms with Crippen LogP contribution in [-0.2, 0) is 4.79 Å². The summed E-state index contributed by atoms with van der Waals surface area (Å²) in [7, 11) is 1.61. The number of anilines is 1. The summed E-state index contributed by atoms with van der Waals surface area (Å²) in [6.45, 7) is 0. The lowest BCUT2D eigenvalue weighted by Gasteiger charge is -2.21. The van der Waals surface area contributed by atoms with Gasteiger partial charge in [-0.1, -0.05) is 42.5 Å². The summed E-state index contributed by atoms with van der Waals surface area (Å²) >= 11 is 3.48. The Hall–Kier alpha value is -3.31. The van der Waals surface area contributed by atoms with Gasteiger partial charge >= 0.3 is 0 Å². The Labute approximate surface area is 177 Å². The third-order valence-corrected chi connectivity index (χ3v) is 5.26. The number of hydrogen-bond donors (Lipinski definition) is 1. The van der Waals surface area contributed by atoms with Gasteiger partial charge in [0.25, 0.3) is 5.91 Å². The molecule has 0 aromatic heterocycles. The zero-order valence-electron chi connectivity index (χ0n) is 15.7. The van der Waals surface area contributed by atoms with E-state index in [0.29, 0.717) is 11.3 Å². The van der Waals surface area contributed by atoms with Crippen LogP contribution in [0.5, 0.6) is 11.5 Å². The molecular formula is C24H18BrNO3. The Bertz CT molecular complexity index is 1140. The van der Waals surface area contributed by atoms with Crippen molar-refractivity contribution in [3.05, 3.63) is 100 Å². The highest BCUT2D eigenvalue weighted by molar-refractivity contribution is 9.10. The Kier molecular flexibility index (Phi) is 5.23. The van der Waals surface area contributed by atoms with E-state index in [0.717, 1.165) is 27.0 Å². The fourth-order valence-electron chi connectivity index (χ4n) is 3.28. The van der Waals surface area contributed by atoms with Gasteiger partial charge in [0.15, 0.2) is 0 Å². The number of phenols is 1. The largest absolute Gasteiger partial charge is 0.508 e. The van der Waals surface area contributed by atoms with Crippen LogP contribution in [0.3, 0.4) is 0 Å². The molecule has 1 aliphatic rings. The zero-order valence-corrected chi connectivity index (χ0v) is 17.3. The van der Waals surface area contributed by atoms with Crippen molar-refractivity contribution in [3.8, 4) is 11.5 Å². The summed E-state index contributed by atoms with van der Waals surface area (Å²) in [6, 6.07) is 22.1. The molecular weight excluding hydrogens is 430 g/mol. The van der Waals surface area contributed by atoms with Gasteiger partial charge in [0, 0.05) is 11.6 Å². The van der Waals surface area contributed by atoms with E-state index in [1.807, 2.05) is 60.7 Å². The fourth-order valence-corrected chi connectivity index (χ4v) is 3.84. The minimum Gasteiger partial charge on any atom is -0.508 e. The predicted octanol–water partition coefficient (Wildman–Crippen LogP) is 5.63. The van der Waals surface area contributed by atoms with Crippen molar-refractivity contribution in [1.29, 1.82) is 0 Å². The van der Waals surface area contributed by atoms with Gasteiger partial charge < -0.3 is 9.84 Å². The van der Waals surface area contributed by atoms with Crippen LogP contribution in [-0.4, -0.2) is 18.1 Å². The molecule has 0 saturated carbocycles. The van der Waals surface area contributed by atoms with E-state index in [2.05, 4.69) is 15.9 Å². The molecule has 4 rings (SSSR count). The highest BCUT2D eigenvalue weighted by Crippen LogP contribution is 2.36. The maximum Gasteiger partial charge on any atom is 0.262 e. The van der Waals surface area contributed by atoms with E-state index in [1.54, 1.807) is 36.3 Å². The lowest BCUT2D eigenvalue weighted by Crippen LogP contribution is -2.24. The van der Waals surface area contributed by atoms with Crippen molar-refractivity contribution in [2.24, 2.45) is 0 Å². The van der Waals surface area contributed by atoms with Crippen LogP contribution >= 0.6 is 15.9 Å². The van der Waals surface area contributed by atoms with Gasteiger partial charge in [-0.25, -0.2) is 0 Å². The van der Waals surface area contributed by atoms with Crippen molar-refractivity contribution in [3.63, 3.8) is 0 Å². The number of carbonyl (C=O) groups is 1. The number of nitrogens with zero attached hydrogens (tertiary/aromatic N) is 1. The molecule has 0 fully saturated rings. The van der Waals surface area contributed by atoms with Crippen LogP contribution in [0.15, 0.2) is 88.9 Å². The molecule has 0 aliphatic carbocycles. The van der Waals surface area contributed by atoms with E-state index in [9.17, 15) is 9.90 Å². The van der Waals surface area contributed by atoms with Crippen LogP contribution in [0.2, 0.25) is 0 Å². The minimum absolute atomic E-state index is 0.110. The Morgan fingerprint density at radius 1 is 1.00 bits per heavy atom. The molecule has 5 heteroatoms. The summed E-state index contributed by atoms with van der Waals surface area (Å²) in [6.07, 6.45) is 3.72. The molecule has 0 bridgehead atoms. The average molecular weight is 448 g/mol. The quantitative estimate of drug-likeness (QED) is 0.526. The summed E-state index contributed by atoms with van der Waals surface area (Å²) in [5.41, 5.74) is 3.74. The highest BCUT2D eigenvalue weighted by atomic mass is 79.9. The molecule has 0 spiro atoms. The molecule has 4 nitrogen and oxygen atoms in total. The fraction of sp³-hybridized carbons (Fsp3) is 0.0417. The van der Waals surface area contributed by atoms with Crippen LogP contribution < -0.4 is 9.64 Å². The first kappa shape index (κ1) is 19.0. The first-order chi connectivity index (χ1) is 14.1. The van der Waals surface area contributed by atoms with Gasteiger partial charge in [0.2, 0.25) is 0 Å². The number of hydrogen-bond acceptors (Lipinski definition) is 3. The standard InChI is InChI=1S/C24H18BrNO3/c1-29-23-11-10-16(13-21(23)25)12-18-14-22(17-6-3-2-4-7-17)26(24(18)28)19-8-5-9-20(27)15-19/h2-15,27H,1H3. The van der Waals surface area contributed by atoms with E-state index in [-0.39, 0.29) is 11.7 Å². The van der Waals surface area contributed by atoms with Crippen LogP contribution in [0.4, 0.5) is 5.69 Å². The third-order valence-electron chi connectivity index (χ3n) is 4.64. The molecule has 0 atom stereocenters. The molecule has 3 aromatic rings. The smallest absolute Gasteiger partial charge is 0.262 e. The SMILES string of the molecule is COc1ccc(C=C2C=C(c3ccccc3)N(c3cccc(O)c3)C2=O)cc1Br. The van der Waals surface area contributed by atoms with E-state index in [1.165, 1.54) is 0 Å². The number of benzene rings is 3. The van der Waals surface area contributed by atoms with Crippen LogP contribution in [0, 0.1) is 0 Å². The first-order valence-electron chi connectivity index (χ1n) is 9.02. The lowest BCUT2D eigenvalue weighted by molar-refractivity contribution is -0.113. The molecule has 1 amide bonds. The zero-order chi connectivity index (χ0) is 20.4. The number of aromatic hydroxyl groups is 1. The number of carbonyl (C=O) groups excluding carboxylic acids is 1. The Morgan fingerprint density at radius 2 is 1.79 bits per heavy atom. The molecule has 0 unspecified atom stereocenters. The molecule has 1 heterocycles. The number of amides is 1. The van der Waals surface area contributed by atoms with Gasteiger partial charge in [0.05, 0.1) is 23.0 Å². The molecule has 1 N–H and O–H groups in total. The van der Waals surface area contributed by atoms with Crippen LogP contribution in [0.1, 0.15) is 11.1 Å². The number of halogens is 1.